The Morgan fingerprint density at radius 2 is 2.37 bits per heavy atom. The molecule has 1 aromatic heterocycles. The molecule has 2 N–H and O–H groups in total. The summed E-state index contributed by atoms with van der Waals surface area (Å²) in [4.78, 5) is 14.2. The molecule has 0 saturated carbocycles. The summed E-state index contributed by atoms with van der Waals surface area (Å²) in [6, 6.07) is -0.639. The molecule has 1 aliphatic heterocycles. The molecule has 6 nitrogen and oxygen atoms in total. The highest BCUT2D eigenvalue weighted by Gasteiger charge is 2.31. The molecule has 1 saturated heterocycles. The molecular weight excluding hydrogens is 244 g/mol. The third-order valence-corrected chi connectivity index (χ3v) is 3.85. The van der Waals surface area contributed by atoms with Crippen LogP contribution < -0.4 is 5.73 Å². The smallest absolute Gasteiger partial charge is 0.244 e. The summed E-state index contributed by atoms with van der Waals surface area (Å²) in [5.41, 5.74) is 6.77. The lowest BCUT2D eigenvalue weighted by molar-refractivity contribution is -0.137. The summed E-state index contributed by atoms with van der Waals surface area (Å²) in [7, 11) is 3.50. The van der Waals surface area contributed by atoms with Gasteiger partial charge in [-0.2, -0.15) is 5.10 Å². The average molecular weight is 266 g/mol. The van der Waals surface area contributed by atoms with Gasteiger partial charge in [0, 0.05) is 39.0 Å². The summed E-state index contributed by atoms with van der Waals surface area (Å²) in [5, 5.41) is 4.05. The molecule has 0 spiro atoms. The van der Waals surface area contributed by atoms with E-state index in [-0.39, 0.29) is 12.0 Å². The fourth-order valence-electron chi connectivity index (χ4n) is 2.48. The Morgan fingerprint density at radius 3 is 2.95 bits per heavy atom. The topological polar surface area (TPSA) is 73.4 Å². The second kappa shape index (κ2) is 5.71. The van der Waals surface area contributed by atoms with E-state index in [0.29, 0.717) is 12.5 Å². The molecule has 3 atom stereocenters. The Balaban J connectivity index is 2.03. The van der Waals surface area contributed by atoms with Crippen molar-refractivity contribution in [1.29, 1.82) is 0 Å². The maximum absolute atomic E-state index is 12.4. The fraction of sp³-hybridized carbons (Fsp3) is 0.692. The third kappa shape index (κ3) is 2.96. The van der Waals surface area contributed by atoms with Crippen LogP contribution in [0.3, 0.4) is 0 Å². The molecule has 1 aliphatic rings. The van der Waals surface area contributed by atoms with Crippen molar-refractivity contribution in [3.63, 3.8) is 0 Å². The highest BCUT2D eigenvalue weighted by molar-refractivity contribution is 5.83. The van der Waals surface area contributed by atoms with Crippen molar-refractivity contribution < 1.29 is 9.53 Å². The van der Waals surface area contributed by atoms with E-state index in [1.807, 2.05) is 7.05 Å². The van der Waals surface area contributed by atoms with Gasteiger partial charge in [-0.25, -0.2) is 0 Å². The Labute approximate surface area is 113 Å². The molecule has 1 amide bonds. The third-order valence-electron chi connectivity index (χ3n) is 3.85. The quantitative estimate of drug-likeness (QED) is 0.854. The molecule has 2 rings (SSSR count). The molecule has 3 unspecified atom stereocenters. The number of aromatic nitrogens is 2. The molecule has 19 heavy (non-hydrogen) atoms. The number of nitrogens with two attached hydrogens (primary N) is 1. The number of carbonyl (C=O) groups excluding carboxylic acids is 1. The van der Waals surface area contributed by atoms with E-state index in [2.05, 4.69) is 12.0 Å². The number of piperidine rings is 1. The molecule has 1 fully saturated rings. The van der Waals surface area contributed by atoms with Crippen LogP contribution in [0.1, 0.15) is 24.9 Å². The average Bonchev–Trinajstić information content (AvgIpc) is 2.84. The lowest BCUT2D eigenvalue weighted by Crippen LogP contribution is -2.49. The van der Waals surface area contributed by atoms with Gasteiger partial charge >= 0.3 is 0 Å². The zero-order valence-corrected chi connectivity index (χ0v) is 11.7. The van der Waals surface area contributed by atoms with E-state index >= 15 is 0 Å². The highest BCUT2D eigenvalue weighted by atomic mass is 16.5. The molecule has 0 bridgehead atoms. The number of aryl methyl sites for hydroxylation is 1. The van der Waals surface area contributed by atoms with E-state index in [1.54, 1.807) is 29.1 Å². The van der Waals surface area contributed by atoms with Crippen LogP contribution in [-0.4, -0.2) is 46.9 Å². The molecule has 6 heteroatoms. The fourth-order valence-corrected chi connectivity index (χ4v) is 2.48. The maximum Gasteiger partial charge on any atom is 0.244 e. The van der Waals surface area contributed by atoms with E-state index < -0.39 is 6.04 Å². The van der Waals surface area contributed by atoms with Gasteiger partial charge in [-0.05, 0) is 12.3 Å². The van der Waals surface area contributed by atoms with Crippen LogP contribution in [0.4, 0.5) is 0 Å². The van der Waals surface area contributed by atoms with Crippen LogP contribution in [0, 0.1) is 5.92 Å². The van der Waals surface area contributed by atoms with E-state index in [1.165, 1.54) is 0 Å². The molecule has 1 aromatic rings. The summed E-state index contributed by atoms with van der Waals surface area (Å²) >= 11 is 0. The number of methoxy groups -OCH3 is 1. The number of carbonyl (C=O) groups is 1. The van der Waals surface area contributed by atoms with Crippen molar-refractivity contribution in [1.82, 2.24) is 14.7 Å². The van der Waals surface area contributed by atoms with Gasteiger partial charge in [0.2, 0.25) is 5.91 Å². The number of amides is 1. The maximum atomic E-state index is 12.4. The van der Waals surface area contributed by atoms with Crippen molar-refractivity contribution >= 4 is 5.91 Å². The largest absolute Gasteiger partial charge is 0.379 e. The molecule has 2 heterocycles. The lowest BCUT2D eigenvalue weighted by atomic mass is 9.95. The number of rotatable bonds is 3. The summed E-state index contributed by atoms with van der Waals surface area (Å²) < 4.78 is 7.07. The monoisotopic (exact) mass is 266 g/mol. The Morgan fingerprint density at radius 1 is 1.63 bits per heavy atom. The molecule has 0 aromatic carbocycles. The lowest BCUT2D eigenvalue weighted by Gasteiger charge is -2.37. The van der Waals surface area contributed by atoms with Crippen LogP contribution in [-0.2, 0) is 16.6 Å². The van der Waals surface area contributed by atoms with Gasteiger partial charge < -0.3 is 15.4 Å². The summed E-state index contributed by atoms with van der Waals surface area (Å²) in [5.74, 6) is 0.422. The van der Waals surface area contributed by atoms with Gasteiger partial charge in [0.25, 0.3) is 0 Å². The number of nitrogens with zero attached hydrogens (tertiary/aromatic N) is 3. The van der Waals surface area contributed by atoms with Crippen LogP contribution >= 0.6 is 0 Å². The van der Waals surface area contributed by atoms with Gasteiger partial charge in [-0.3, -0.25) is 9.48 Å². The molecular formula is C13H22N4O2. The van der Waals surface area contributed by atoms with Gasteiger partial charge in [-0.1, -0.05) is 6.92 Å². The first-order valence-corrected chi connectivity index (χ1v) is 6.58. The summed E-state index contributed by atoms with van der Waals surface area (Å²) in [6.07, 6.45) is 4.47. The number of ether oxygens (including phenoxy) is 1. The molecule has 106 valence electrons. The first-order valence-electron chi connectivity index (χ1n) is 6.58. The SMILES string of the molecule is COC1CN(C(=O)C(N)c2cnn(C)c2)CCC1C. The minimum atomic E-state index is -0.639. The van der Waals surface area contributed by atoms with Crippen molar-refractivity contribution in [2.75, 3.05) is 20.2 Å². The number of hydrogen-bond donors (Lipinski definition) is 1. The summed E-state index contributed by atoms with van der Waals surface area (Å²) in [6.45, 7) is 3.51. The number of likely N-dealkylation sites (tertiary alicyclic amines) is 1. The van der Waals surface area contributed by atoms with Gasteiger partial charge in [0.15, 0.2) is 0 Å². The van der Waals surface area contributed by atoms with Crippen LogP contribution in [0.5, 0.6) is 0 Å². The minimum Gasteiger partial charge on any atom is -0.379 e. The Kier molecular flexibility index (Phi) is 4.21. The van der Waals surface area contributed by atoms with Crippen LogP contribution in [0.25, 0.3) is 0 Å². The standard InChI is InChI=1S/C13H22N4O2/c1-9-4-5-17(8-11(9)19-3)13(18)12(14)10-6-15-16(2)7-10/h6-7,9,11-12H,4-5,8,14H2,1-3H3. The van der Waals surface area contributed by atoms with Crippen molar-refractivity contribution in [2.24, 2.45) is 18.7 Å². The first kappa shape index (κ1) is 14.0. The normalized spacial score (nSPS) is 25.4. The predicted octanol–water partition coefficient (Wildman–Crippen LogP) is 0.303. The van der Waals surface area contributed by atoms with E-state index in [4.69, 9.17) is 10.5 Å². The first-order chi connectivity index (χ1) is 9.02. The predicted molar refractivity (Wildman–Crippen MR) is 71.3 cm³/mol. The van der Waals surface area contributed by atoms with Crippen molar-refractivity contribution in [3.05, 3.63) is 18.0 Å². The molecule has 0 radical (unpaired) electrons. The Hall–Kier alpha value is -1.40. The van der Waals surface area contributed by atoms with Crippen molar-refractivity contribution in [2.45, 2.75) is 25.5 Å². The zero-order chi connectivity index (χ0) is 14.0. The Bertz CT molecular complexity index is 446. The van der Waals surface area contributed by atoms with E-state index in [9.17, 15) is 4.79 Å². The van der Waals surface area contributed by atoms with Gasteiger partial charge in [0.1, 0.15) is 6.04 Å². The van der Waals surface area contributed by atoms with E-state index in [0.717, 1.165) is 18.5 Å². The zero-order valence-electron chi connectivity index (χ0n) is 11.7. The van der Waals surface area contributed by atoms with Gasteiger partial charge in [-0.15, -0.1) is 0 Å². The van der Waals surface area contributed by atoms with Crippen molar-refractivity contribution in [3.8, 4) is 0 Å². The van der Waals surface area contributed by atoms with Crippen LogP contribution in [0.15, 0.2) is 12.4 Å². The number of hydrogen-bond acceptors (Lipinski definition) is 4. The second-order valence-corrected chi connectivity index (χ2v) is 5.25. The highest BCUT2D eigenvalue weighted by Crippen LogP contribution is 2.22. The minimum absolute atomic E-state index is 0.0537. The van der Waals surface area contributed by atoms with Crippen LogP contribution in [0.2, 0.25) is 0 Å². The molecule has 0 aliphatic carbocycles. The van der Waals surface area contributed by atoms with Gasteiger partial charge in [0.05, 0.1) is 12.3 Å². The second-order valence-electron chi connectivity index (χ2n) is 5.25.